The van der Waals surface area contributed by atoms with E-state index < -0.39 is 0 Å². The van der Waals surface area contributed by atoms with Crippen LogP contribution in [0.15, 0.2) is 37.1 Å². The maximum absolute atomic E-state index is 3.72. The number of aromatic amines is 1. The molecule has 0 aromatic carbocycles. The molecule has 0 amide bonds. The average molecular weight is 318 g/mol. The van der Waals surface area contributed by atoms with Gasteiger partial charge in [-0.3, -0.25) is 0 Å². The van der Waals surface area contributed by atoms with Gasteiger partial charge in [0.25, 0.3) is 0 Å². The molecule has 1 heterocycles. The predicted molar refractivity (Wildman–Crippen MR) is 83.2 cm³/mol. The molecule has 18 heavy (non-hydrogen) atoms. The quantitative estimate of drug-likeness (QED) is 0.651. The minimum Gasteiger partial charge on any atom is -0.361 e. The summed E-state index contributed by atoms with van der Waals surface area (Å²) in [5.74, 6) is 0. The average Bonchev–Trinajstić information content (AvgIpc) is 2.81. The normalized spacial score (nSPS) is 8.17. The summed E-state index contributed by atoms with van der Waals surface area (Å²) in [6.45, 7) is 19.4. The van der Waals surface area contributed by atoms with Gasteiger partial charge >= 0.3 is 58.2 Å². The van der Waals surface area contributed by atoms with Crippen LogP contribution in [0.5, 0.6) is 0 Å². The van der Waals surface area contributed by atoms with Crippen molar-refractivity contribution in [3.8, 4) is 0 Å². The molecule has 1 rings (SSSR count). The standard InChI is InChI=1S/C11H13N.2C2H5.CH3.Rb/c1-4-9(3)8-11-10(5-2)6-7-12-11;2*1-2;;/h4-8,12H,1-2H2,3H3;2*1H2,2H3;1H3;/q;3*-1;+1/b9-8-;;;;. The number of nitrogens with one attached hydrogen (secondary N) is 1. The van der Waals surface area contributed by atoms with E-state index in [0.717, 1.165) is 16.8 Å². The first-order chi connectivity index (χ1) is 7.77. The van der Waals surface area contributed by atoms with E-state index in [4.69, 9.17) is 0 Å². The first-order valence-corrected chi connectivity index (χ1v) is 5.30. The van der Waals surface area contributed by atoms with Crippen molar-refractivity contribution in [2.24, 2.45) is 0 Å². The van der Waals surface area contributed by atoms with Gasteiger partial charge < -0.3 is 26.3 Å². The topological polar surface area (TPSA) is 15.8 Å². The largest absolute Gasteiger partial charge is 1.00 e. The van der Waals surface area contributed by atoms with Crippen LogP contribution in [0.2, 0.25) is 0 Å². The predicted octanol–water partition coefficient (Wildman–Crippen LogP) is 2.38. The Hall–Kier alpha value is 0.305. The zero-order valence-electron chi connectivity index (χ0n) is 12.7. The number of hydrogen-bond donors (Lipinski definition) is 1. The van der Waals surface area contributed by atoms with Crippen molar-refractivity contribution < 1.29 is 58.2 Å². The zero-order valence-corrected chi connectivity index (χ0v) is 17.6. The second kappa shape index (κ2) is 19.6. The summed E-state index contributed by atoms with van der Waals surface area (Å²) in [7, 11) is 0. The monoisotopic (exact) mass is 317 g/mol. The van der Waals surface area contributed by atoms with Gasteiger partial charge in [-0.05, 0) is 30.2 Å². The molecule has 1 aromatic heterocycles. The smallest absolute Gasteiger partial charge is 0.361 e. The fourth-order valence-electron chi connectivity index (χ4n) is 0.984. The Morgan fingerprint density at radius 3 is 2.11 bits per heavy atom. The minimum atomic E-state index is 0. The van der Waals surface area contributed by atoms with Crippen LogP contribution >= 0.6 is 0 Å². The molecule has 1 N–H and O–H groups in total. The van der Waals surface area contributed by atoms with Crippen molar-refractivity contribution in [1.29, 1.82) is 0 Å². The molecule has 0 unspecified atom stereocenters. The molecular formula is C16H26NRb-2. The number of aromatic nitrogens is 1. The van der Waals surface area contributed by atoms with E-state index in [0.29, 0.717) is 0 Å². The molecule has 2 heteroatoms. The Morgan fingerprint density at radius 2 is 1.72 bits per heavy atom. The van der Waals surface area contributed by atoms with E-state index in [2.05, 4.69) is 32.0 Å². The van der Waals surface area contributed by atoms with Crippen LogP contribution in [0.4, 0.5) is 0 Å². The van der Waals surface area contributed by atoms with Crippen LogP contribution in [-0.4, -0.2) is 4.98 Å². The zero-order chi connectivity index (χ0) is 13.0. The third-order valence-corrected chi connectivity index (χ3v) is 1.73. The number of hydrogen-bond acceptors (Lipinski definition) is 0. The van der Waals surface area contributed by atoms with E-state index >= 15 is 0 Å². The molecule has 0 saturated heterocycles. The van der Waals surface area contributed by atoms with E-state index in [1.165, 1.54) is 0 Å². The Morgan fingerprint density at radius 1 is 1.22 bits per heavy atom. The number of H-pyrrole nitrogens is 1. The van der Waals surface area contributed by atoms with E-state index in [9.17, 15) is 0 Å². The SMILES string of the molecule is C=C/C(C)=C\c1[nH]ccc1C=C.[CH2-]C.[CH2-]C.[CH3-].[Rb+]. The molecule has 0 fully saturated rings. The Bertz CT molecular complexity index is 322. The van der Waals surface area contributed by atoms with Crippen LogP contribution in [0.1, 0.15) is 32.0 Å². The molecule has 1 nitrogen and oxygen atoms in total. The molecular weight excluding hydrogens is 292 g/mol. The van der Waals surface area contributed by atoms with Gasteiger partial charge in [-0.15, -0.1) is 0 Å². The van der Waals surface area contributed by atoms with Crippen LogP contribution in [0, 0.1) is 21.3 Å². The Balaban J connectivity index is -0.000000149. The fraction of sp³-hybridized carbons (Fsp3) is 0.188. The summed E-state index contributed by atoms with van der Waals surface area (Å²) >= 11 is 0. The van der Waals surface area contributed by atoms with Gasteiger partial charge in [0, 0.05) is 11.9 Å². The second-order valence-corrected chi connectivity index (χ2v) is 2.64. The van der Waals surface area contributed by atoms with Crippen LogP contribution in [-0.2, 0) is 0 Å². The molecule has 0 aliphatic carbocycles. The summed E-state index contributed by atoms with van der Waals surface area (Å²) < 4.78 is 0. The summed E-state index contributed by atoms with van der Waals surface area (Å²) in [4.78, 5) is 3.13. The molecule has 0 spiro atoms. The summed E-state index contributed by atoms with van der Waals surface area (Å²) in [5.41, 5.74) is 3.35. The number of allylic oxidation sites excluding steroid dienone is 2. The molecule has 1 aromatic rings. The van der Waals surface area contributed by atoms with Gasteiger partial charge in [0.05, 0.1) is 0 Å². The molecule has 98 valence electrons. The maximum atomic E-state index is 3.72. The molecule has 0 atom stereocenters. The molecule has 0 bridgehead atoms. The van der Waals surface area contributed by atoms with E-state index in [-0.39, 0.29) is 65.6 Å². The van der Waals surface area contributed by atoms with Crippen LogP contribution in [0.3, 0.4) is 0 Å². The van der Waals surface area contributed by atoms with Gasteiger partial charge in [-0.2, -0.15) is 13.8 Å². The minimum absolute atomic E-state index is 0. The van der Waals surface area contributed by atoms with Gasteiger partial charge in [0.2, 0.25) is 0 Å². The van der Waals surface area contributed by atoms with Crippen molar-refractivity contribution in [2.75, 3.05) is 0 Å². The van der Waals surface area contributed by atoms with Gasteiger partial charge in [-0.1, -0.05) is 25.3 Å². The van der Waals surface area contributed by atoms with Crippen LogP contribution in [0.25, 0.3) is 12.2 Å². The first kappa shape index (κ1) is 26.8. The first-order valence-electron chi connectivity index (χ1n) is 5.30. The molecule has 0 aliphatic rings. The third-order valence-electron chi connectivity index (χ3n) is 1.73. The molecule has 0 saturated carbocycles. The Kier molecular flexibility index (Phi) is 29.2. The molecule has 0 aliphatic heterocycles. The van der Waals surface area contributed by atoms with Gasteiger partial charge in [0.1, 0.15) is 0 Å². The second-order valence-electron chi connectivity index (χ2n) is 2.64. The summed E-state index contributed by atoms with van der Waals surface area (Å²) in [5, 5.41) is 0. The Labute approximate surface area is 163 Å². The van der Waals surface area contributed by atoms with Gasteiger partial charge in [0.15, 0.2) is 0 Å². The van der Waals surface area contributed by atoms with Crippen molar-refractivity contribution in [2.45, 2.75) is 20.8 Å². The van der Waals surface area contributed by atoms with Crippen molar-refractivity contribution in [1.82, 2.24) is 4.98 Å². The van der Waals surface area contributed by atoms with Crippen molar-refractivity contribution >= 4 is 12.2 Å². The number of rotatable bonds is 3. The fourth-order valence-corrected chi connectivity index (χ4v) is 0.984. The van der Waals surface area contributed by atoms with Crippen molar-refractivity contribution in [3.63, 3.8) is 0 Å². The third kappa shape index (κ3) is 11.4. The molecule has 0 radical (unpaired) electrons. The summed E-state index contributed by atoms with van der Waals surface area (Å²) in [6, 6.07) is 2.00. The summed E-state index contributed by atoms with van der Waals surface area (Å²) in [6.07, 6.45) is 7.61. The van der Waals surface area contributed by atoms with Crippen molar-refractivity contribution in [3.05, 3.63) is 69.6 Å². The van der Waals surface area contributed by atoms with Crippen LogP contribution < -0.4 is 58.2 Å². The van der Waals surface area contributed by atoms with E-state index in [1.54, 1.807) is 13.8 Å². The van der Waals surface area contributed by atoms with Gasteiger partial charge in [-0.25, -0.2) is 0 Å². The maximum Gasteiger partial charge on any atom is 1.00 e. The van der Waals surface area contributed by atoms with E-state index in [1.807, 2.05) is 37.4 Å².